The highest BCUT2D eigenvalue weighted by Gasteiger charge is 2.20. The molecule has 1 aromatic carbocycles. The lowest BCUT2D eigenvalue weighted by Gasteiger charge is -2.27. The monoisotopic (exact) mass is 295 g/mol. The van der Waals surface area contributed by atoms with Crippen LogP contribution in [0.5, 0.6) is 0 Å². The highest BCUT2D eigenvalue weighted by Crippen LogP contribution is 2.29. The van der Waals surface area contributed by atoms with E-state index < -0.39 is 0 Å². The maximum absolute atomic E-state index is 13.5. The summed E-state index contributed by atoms with van der Waals surface area (Å²) in [5, 5.41) is 3.42. The summed E-state index contributed by atoms with van der Waals surface area (Å²) in [6, 6.07) is 7.01. The minimum absolute atomic E-state index is 0.152. The van der Waals surface area contributed by atoms with E-state index in [2.05, 4.69) is 5.32 Å². The van der Waals surface area contributed by atoms with Crippen LogP contribution in [0.1, 0.15) is 30.7 Å². The van der Waals surface area contributed by atoms with Crippen LogP contribution in [0.4, 0.5) is 4.39 Å². The van der Waals surface area contributed by atoms with Gasteiger partial charge < -0.3 is 14.8 Å². The van der Waals surface area contributed by atoms with Gasteiger partial charge in [-0.2, -0.15) is 0 Å². The van der Waals surface area contributed by atoms with E-state index >= 15 is 0 Å². The zero-order valence-electron chi connectivity index (χ0n) is 12.8. The molecular formula is C17H26FNO2. The average molecular weight is 295 g/mol. The fourth-order valence-corrected chi connectivity index (χ4v) is 2.93. The third kappa shape index (κ3) is 5.73. The molecule has 1 aliphatic rings. The van der Waals surface area contributed by atoms with Gasteiger partial charge in [0.15, 0.2) is 0 Å². The van der Waals surface area contributed by atoms with Crippen molar-refractivity contribution in [1.82, 2.24) is 5.32 Å². The largest absolute Gasteiger partial charge is 0.383 e. The maximum atomic E-state index is 13.5. The van der Waals surface area contributed by atoms with Crippen molar-refractivity contribution in [2.24, 2.45) is 5.92 Å². The Kier molecular flexibility index (Phi) is 7.13. The van der Waals surface area contributed by atoms with Crippen molar-refractivity contribution < 1.29 is 13.9 Å². The second kappa shape index (κ2) is 9.13. The zero-order valence-corrected chi connectivity index (χ0v) is 12.8. The molecular weight excluding hydrogens is 269 g/mol. The van der Waals surface area contributed by atoms with E-state index in [4.69, 9.17) is 9.47 Å². The van der Waals surface area contributed by atoms with E-state index in [1.807, 2.05) is 6.07 Å². The van der Waals surface area contributed by atoms with Gasteiger partial charge in [-0.1, -0.05) is 12.1 Å². The van der Waals surface area contributed by atoms with E-state index in [-0.39, 0.29) is 5.82 Å². The molecule has 1 atom stereocenters. The van der Waals surface area contributed by atoms with Crippen LogP contribution in [0.2, 0.25) is 0 Å². The first kappa shape index (κ1) is 16.4. The van der Waals surface area contributed by atoms with Crippen LogP contribution in [-0.4, -0.2) is 40.0 Å². The number of methoxy groups -OCH3 is 1. The second-order valence-corrected chi connectivity index (χ2v) is 5.74. The second-order valence-electron chi connectivity index (χ2n) is 5.74. The minimum Gasteiger partial charge on any atom is -0.383 e. The van der Waals surface area contributed by atoms with Gasteiger partial charge in [0.25, 0.3) is 0 Å². The lowest BCUT2D eigenvalue weighted by atomic mass is 9.85. The molecule has 1 unspecified atom stereocenters. The maximum Gasteiger partial charge on any atom is 0.123 e. The molecule has 0 aromatic heterocycles. The zero-order chi connectivity index (χ0) is 14.9. The summed E-state index contributed by atoms with van der Waals surface area (Å²) in [6.45, 7) is 4.11. The topological polar surface area (TPSA) is 30.5 Å². The SMILES string of the molecule is COCCNCC(CC1CCOCC1)c1cccc(F)c1. The number of rotatable bonds is 8. The number of hydrogen-bond donors (Lipinski definition) is 1. The van der Waals surface area contributed by atoms with Crippen LogP contribution < -0.4 is 5.32 Å². The van der Waals surface area contributed by atoms with Crippen molar-refractivity contribution >= 4 is 0 Å². The summed E-state index contributed by atoms with van der Waals surface area (Å²) >= 11 is 0. The molecule has 2 rings (SSSR count). The molecule has 1 aliphatic heterocycles. The fourth-order valence-electron chi connectivity index (χ4n) is 2.93. The van der Waals surface area contributed by atoms with Gasteiger partial charge >= 0.3 is 0 Å². The van der Waals surface area contributed by atoms with Gasteiger partial charge in [-0.05, 0) is 48.8 Å². The van der Waals surface area contributed by atoms with Crippen LogP contribution in [-0.2, 0) is 9.47 Å². The number of nitrogens with one attached hydrogen (secondary N) is 1. The molecule has 1 heterocycles. The lowest BCUT2D eigenvalue weighted by Crippen LogP contribution is -2.27. The van der Waals surface area contributed by atoms with Crippen molar-refractivity contribution in [3.8, 4) is 0 Å². The van der Waals surface area contributed by atoms with Gasteiger partial charge in [0.2, 0.25) is 0 Å². The number of hydrogen-bond acceptors (Lipinski definition) is 3. The predicted octanol–water partition coefficient (Wildman–Crippen LogP) is 2.96. The molecule has 0 bridgehead atoms. The smallest absolute Gasteiger partial charge is 0.123 e. The lowest BCUT2D eigenvalue weighted by molar-refractivity contribution is 0.0615. The minimum atomic E-state index is -0.152. The van der Waals surface area contributed by atoms with E-state index in [1.54, 1.807) is 19.2 Å². The quantitative estimate of drug-likeness (QED) is 0.748. The summed E-state index contributed by atoms with van der Waals surface area (Å²) in [7, 11) is 1.70. The Morgan fingerprint density at radius 3 is 2.90 bits per heavy atom. The van der Waals surface area contributed by atoms with Crippen molar-refractivity contribution in [2.75, 3.05) is 40.0 Å². The number of benzene rings is 1. The van der Waals surface area contributed by atoms with Gasteiger partial charge in [0.1, 0.15) is 5.82 Å². The van der Waals surface area contributed by atoms with E-state index in [0.29, 0.717) is 18.4 Å². The Morgan fingerprint density at radius 2 is 2.19 bits per heavy atom. The fraction of sp³-hybridized carbons (Fsp3) is 0.647. The molecule has 118 valence electrons. The predicted molar refractivity (Wildman–Crippen MR) is 82.0 cm³/mol. The van der Waals surface area contributed by atoms with Gasteiger partial charge in [-0.15, -0.1) is 0 Å². The number of halogens is 1. The van der Waals surface area contributed by atoms with Gasteiger partial charge in [0, 0.05) is 33.4 Å². The molecule has 0 saturated carbocycles. The Morgan fingerprint density at radius 1 is 1.38 bits per heavy atom. The number of ether oxygens (including phenoxy) is 2. The first-order valence-corrected chi connectivity index (χ1v) is 7.82. The molecule has 21 heavy (non-hydrogen) atoms. The van der Waals surface area contributed by atoms with Crippen molar-refractivity contribution in [2.45, 2.75) is 25.2 Å². The first-order chi connectivity index (χ1) is 10.3. The Hall–Kier alpha value is -0.970. The van der Waals surface area contributed by atoms with Crippen LogP contribution in [0, 0.1) is 11.7 Å². The Bertz CT molecular complexity index is 408. The van der Waals surface area contributed by atoms with Gasteiger partial charge in [-0.25, -0.2) is 4.39 Å². The standard InChI is InChI=1S/C17H26FNO2/c1-20-10-7-19-13-16(11-14-5-8-21-9-6-14)15-3-2-4-17(18)12-15/h2-4,12,14,16,19H,5-11,13H2,1H3. The van der Waals surface area contributed by atoms with Crippen LogP contribution in [0.3, 0.4) is 0 Å². The van der Waals surface area contributed by atoms with Crippen molar-refractivity contribution in [1.29, 1.82) is 0 Å². The first-order valence-electron chi connectivity index (χ1n) is 7.82. The van der Waals surface area contributed by atoms with Crippen LogP contribution in [0.15, 0.2) is 24.3 Å². The van der Waals surface area contributed by atoms with E-state index in [9.17, 15) is 4.39 Å². The average Bonchev–Trinajstić information content (AvgIpc) is 2.51. The molecule has 0 spiro atoms. The molecule has 4 heteroatoms. The van der Waals surface area contributed by atoms with E-state index in [1.165, 1.54) is 6.07 Å². The molecule has 1 saturated heterocycles. The summed E-state index contributed by atoms with van der Waals surface area (Å²) in [6.07, 6.45) is 3.32. The molecule has 1 fully saturated rings. The summed E-state index contributed by atoms with van der Waals surface area (Å²) < 4.78 is 24.0. The summed E-state index contributed by atoms with van der Waals surface area (Å²) in [5.74, 6) is 0.873. The van der Waals surface area contributed by atoms with Crippen LogP contribution in [0.25, 0.3) is 0 Å². The van der Waals surface area contributed by atoms with E-state index in [0.717, 1.165) is 51.1 Å². The van der Waals surface area contributed by atoms with Crippen LogP contribution >= 0.6 is 0 Å². The molecule has 0 radical (unpaired) electrons. The normalized spacial score (nSPS) is 17.8. The Balaban J connectivity index is 1.95. The van der Waals surface area contributed by atoms with Gasteiger partial charge in [0.05, 0.1) is 6.61 Å². The van der Waals surface area contributed by atoms with Crippen molar-refractivity contribution in [3.05, 3.63) is 35.6 Å². The molecule has 3 nitrogen and oxygen atoms in total. The molecule has 1 aromatic rings. The summed E-state index contributed by atoms with van der Waals surface area (Å²) in [5.41, 5.74) is 1.09. The highest BCUT2D eigenvalue weighted by molar-refractivity contribution is 5.21. The summed E-state index contributed by atoms with van der Waals surface area (Å²) in [4.78, 5) is 0. The third-order valence-corrected chi connectivity index (χ3v) is 4.15. The molecule has 1 N–H and O–H groups in total. The van der Waals surface area contributed by atoms with Crippen molar-refractivity contribution in [3.63, 3.8) is 0 Å². The Labute approximate surface area is 126 Å². The molecule has 0 aliphatic carbocycles. The third-order valence-electron chi connectivity index (χ3n) is 4.15. The van der Waals surface area contributed by atoms with Gasteiger partial charge in [-0.3, -0.25) is 0 Å². The highest BCUT2D eigenvalue weighted by atomic mass is 19.1. The molecule has 0 amide bonds.